The molecular weight excluding hydrogens is 288 g/mol. The highest BCUT2D eigenvalue weighted by atomic mass is 32.2. The molecular formula is C15H22N2O3S. The van der Waals surface area contributed by atoms with Crippen LogP contribution in [0, 0.1) is 6.92 Å². The largest absolute Gasteiger partial charge is 0.341 e. The number of likely N-dealkylation sites (tertiary alicyclic amines) is 1. The molecule has 1 saturated heterocycles. The maximum Gasteiger partial charge on any atom is 0.240 e. The number of rotatable bonds is 5. The van der Waals surface area contributed by atoms with Crippen LogP contribution in [-0.2, 0) is 20.6 Å². The van der Waals surface area contributed by atoms with Gasteiger partial charge in [0.1, 0.15) is 0 Å². The van der Waals surface area contributed by atoms with E-state index in [1.165, 1.54) is 0 Å². The molecule has 1 aliphatic rings. The van der Waals surface area contributed by atoms with Gasteiger partial charge in [0.15, 0.2) is 0 Å². The first kappa shape index (κ1) is 16.0. The van der Waals surface area contributed by atoms with Crippen molar-refractivity contribution in [3.8, 4) is 0 Å². The zero-order chi connectivity index (χ0) is 15.5. The second kappa shape index (κ2) is 6.58. The molecule has 1 aromatic carbocycles. The molecule has 0 saturated carbocycles. The Kier molecular flexibility index (Phi) is 5.00. The Labute approximate surface area is 126 Å². The molecule has 0 unspecified atom stereocenters. The van der Waals surface area contributed by atoms with Crippen LogP contribution in [0.1, 0.15) is 30.9 Å². The first-order chi connectivity index (χ1) is 9.87. The molecule has 1 aromatic rings. The van der Waals surface area contributed by atoms with Gasteiger partial charge < -0.3 is 4.90 Å². The van der Waals surface area contributed by atoms with Crippen molar-refractivity contribution in [2.75, 3.05) is 13.1 Å². The molecule has 1 aliphatic heterocycles. The topological polar surface area (TPSA) is 66.5 Å². The number of amides is 1. The fourth-order valence-electron chi connectivity index (χ4n) is 2.48. The lowest BCUT2D eigenvalue weighted by molar-refractivity contribution is -0.131. The highest BCUT2D eigenvalue weighted by Crippen LogP contribution is 2.11. The van der Waals surface area contributed by atoms with Crippen molar-refractivity contribution in [1.82, 2.24) is 9.62 Å². The molecule has 1 N–H and O–H groups in total. The third-order valence-corrected chi connectivity index (χ3v) is 5.05. The van der Waals surface area contributed by atoms with Crippen LogP contribution in [0.15, 0.2) is 24.3 Å². The van der Waals surface area contributed by atoms with E-state index >= 15 is 0 Å². The van der Waals surface area contributed by atoms with E-state index in [0.717, 1.165) is 31.5 Å². The van der Waals surface area contributed by atoms with E-state index in [0.29, 0.717) is 5.56 Å². The summed E-state index contributed by atoms with van der Waals surface area (Å²) in [7, 11) is -3.52. The molecule has 116 valence electrons. The molecule has 1 heterocycles. The van der Waals surface area contributed by atoms with Gasteiger partial charge in [-0.15, -0.1) is 0 Å². The number of sulfonamides is 1. The average Bonchev–Trinajstić information content (AvgIpc) is 2.93. The molecule has 1 atom stereocenters. The Morgan fingerprint density at radius 1 is 1.24 bits per heavy atom. The van der Waals surface area contributed by atoms with Crippen LogP contribution in [0.4, 0.5) is 0 Å². The first-order valence-electron chi connectivity index (χ1n) is 7.22. The molecule has 0 aromatic heterocycles. The second-order valence-electron chi connectivity index (χ2n) is 5.62. The molecule has 0 bridgehead atoms. The number of carbonyl (C=O) groups excluding carboxylic acids is 1. The Bertz CT molecular complexity index is 590. The van der Waals surface area contributed by atoms with Gasteiger partial charge in [0.2, 0.25) is 15.9 Å². The lowest BCUT2D eigenvalue weighted by Gasteiger charge is -2.21. The fraction of sp³-hybridized carbons (Fsp3) is 0.533. The lowest BCUT2D eigenvalue weighted by atomic mass is 10.2. The SMILES string of the molecule is Cc1ccc(CS(=O)(=O)N[C@@H](C)C(=O)N2CCCC2)cc1. The second-order valence-corrected chi connectivity index (χ2v) is 7.37. The number of aryl methyl sites for hydroxylation is 1. The summed E-state index contributed by atoms with van der Waals surface area (Å²) in [5.41, 5.74) is 1.80. The van der Waals surface area contributed by atoms with E-state index in [9.17, 15) is 13.2 Å². The van der Waals surface area contributed by atoms with Crippen molar-refractivity contribution in [1.29, 1.82) is 0 Å². The van der Waals surface area contributed by atoms with E-state index in [4.69, 9.17) is 0 Å². The summed E-state index contributed by atoms with van der Waals surface area (Å²) in [4.78, 5) is 13.8. The van der Waals surface area contributed by atoms with Gasteiger partial charge in [-0.05, 0) is 32.3 Å². The van der Waals surface area contributed by atoms with Crippen molar-refractivity contribution >= 4 is 15.9 Å². The maximum atomic E-state index is 12.1. The van der Waals surface area contributed by atoms with Gasteiger partial charge in [-0.3, -0.25) is 4.79 Å². The van der Waals surface area contributed by atoms with Crippen molar-refractivity contribution in [3.63, 3.8) is 0 Å². The minimum absolute atomic E-state index is 0.106. The predicted octanol–water partition coefficient (Wildman–Crippen LogP) is 1.43. The summed E-state index contributed by atoms with van der Waals surface area (Å²) < 4.78 is 26.7. The highest BCUT2D eigenvalue weighted by Gasteiger charge is 2.26. The van der Waals surface area contributed by atoms with Gasteiger partial charge in [0, 0.05) is 13.1 Å². The van der Waals surface area contributed by atoms with Crippen molar-refractivity contribution in [3.05, 3.63) is 35.4 Å². The minimum atomic E-state index is -3.52. The number of nitrogens with one attached hydrogen (secondary N) is 1. The minimum Gasteiger partial charge on any atom is -0.341 e. The lowest BCUT2D eigenvalue weighted by Crippen LogP contribution is -2.46. The quantitative estimate of drug-likeness (QED) is 0.894. The first-order valence-corrected chi connectivity index (χ1v) is 8.87. The van der Waals surface area contributed by atoms with Crippen LogP contribution in [0.5, 0.6) is 0 Å². The molecule has 21 heavy (non-hydrogen) atoms. The number of benzene rings is 1. The zero-order valence-corrected chi connectivity index (χ0v) is 13.3. The maximum absolute atomic E-state index is 12.1. The summed E-state index contributed by atoms with van der Waals surface area (Å²) in [5.74, 6) is -0.245. The van der Waals surface area contributed by atoms with E-state index in [-0.39, 0.29) is 11.7 Å². The van der Waals surface area contributed by atoms with E-state index in [1.54, 1.807) is 24.0 Å². The Morgan fingerprint density at radius 2 is 1.81 bits per heavy atom. The van der Waals surface area contributed by atoms with E-state index in [1.807, 2.05) is 19.1 Å². The summed E-state index contributed by atoms with van der Waals surface area (Å²) in [6.07, 6.45) is 1.99. The third-order valence-electron chi connectivity index (χ3n) is 3.62. The molecule has 0 spiro atoms. The van der Waals surface area contributed by atoms with Gasteiger partial charge in [-0.25, -0.2) is 13.1 Å². The number of hydrogen-bond donors (Lipinski definition) is 1. The molecule has 1 amide bonds. The van der Waals surface area contributed by atoms with Crippen LogP contribution in [0.25, 0.3) is 0 Å². The molecule has 1 fully saturated rings. The smallest absolute Gasteiger partial charge is 0.240 e. The van der Waals surface area contributed by atoms with Crippen molar-refractivity contribution in [2.24, 2.45) is 0 Å². The van der Waals surface area contributed by atoms with Crippen molar-refractivity contribution < 1.29 is 13.2 Å². The van der Waals surface area contributed by atoms with Crippen molar-refractivity contribution in [2.45, 2.75) is 38.5 Å². The molecule has 5 nitrogen and oxygen atoms in total. The predicted molar refractivity (Wildman–Crippen MR) is 82.2 cm³/mol. The standard InChI is InChI=1S/C15H22N2O3S/c1-12-5-7-14(8-6-12)11-21(19,20)16-13(2)15(18)17-9-3-4-10-17/h5-8,13,16H,3-4,9-11H2,1-2H3/t13-/m0/s1. The van der Waals surface area contributed by atoms with Crippen LogP contribution in [-0.4, -0.2) is 38.4 Å². The summed E-state index contributed by atoms with van der Waals surface area (Å²) in [6, 6.07) is 6.63. The number of carbonyl (C=O) groups is 1. The Hall–Kier alpha value is -1.40. The monoisotopic (exact) mass is 310 g/mol. The highest BCUT2D eigenvalue weighted by molar-refractivity contribution is 7.88. The number of nitrogens with zero attached hydrogens (tertiary/aromatic N) is 1. The normalized spacial score (nSPS) is 17.0. The fourth-order valence-corrected chi connectivity index (χ4v) is 3.83. The summed E-state index contributed by atoms with van der Waals surface area (Å²) in [5, 5.41) is 0. The van der Waals surface area contributed by atoms with Gasteiger partial charge in [0.05, 0.1) is 11.8 Å². The Balaban J connectivity index is 1.96. The van der Waals surface area contributed by atoms with Gasteiger partial charge in [-0.2, -0.15) is 0 Å². The van der Waals surface area contributed by atoms with Crippen LogP contribution in [0.2, 0.25) is 0 Å². The molecule has 0 aliphatic carbocycles. The van der Waals surface area contributed by atoms with Crippen LogP contribution < -0.4 is 4.72 Å². The van der Waals surface area contributed by atoms with Crippen LogP contribution in [0.3, 0.4) is 0 Å². The van der Waals surface area contributed by atoms with Gasteiger partial charge in [-0.1, -0.05) is 29.8 Å². The number of hydrogen-bond acceptors (Lipinski definition) is 3. The van der Waals surface area contributed by atoms with Gasteiger partial charge in [0.25, 0.3) is 0 Å². The van der Waals surface area contributed by atoms with E-state index in [2.05, 4.69) is 4.72 Å². The Morgan fingerprint density at radius 3 is 2.38 bits per heavy atom. The molecule has 0 radical (unpaired) electrons. The molecule has 6 heteroatoms. The zero-order valence-electron chi connectivity index (χ0n) is 12.5. The summed E-state index contributed by atoms with van der Waals surface area (Å²) in [6.45, 7) is 5.01. The van der Waals surface area contributed by atoms with Gasteiger partial charge >= 0.3 is 0 Å². The third kappa shape index (κ3) is 4.54. The average molecular weight is 310 g/mol. The molecule has 2 rings (SSSR count). The van der Waals surface area contributed by atoms with Crippen LogP contribution >= 0.6 is 0 Å². The summed E-state index contributed by atoms with van der Waals surface area (Å²) >= 11 is 0. The van der Waals surface area contributed by atoms with E-state index < -0.39 is 16.1 Å².